The zero-order valence-electron chi connectivity index (χ0n) is 14.1. The lowest BCUT2D eigenvalue weighted by molar-refractivity contribution is -0.140. The third kappa shape index (κ3) is 2.94. The molecule has 2 amide bonds. The Bertz CT molecular complexity index is 655. The van der Waals surface area contributed by atoms with Crippen molar-refractivity contribution in [2.45, 2.75) is 25.0 Å². The Morgan fingerprint density at radius 1 is 1.04 bits per heavy atom. The van der Waals surface area contributed by atoms with Gasteiger partial charge in [0.2, 0.25) is 11.8 Å². The number of piperazine rings is 1. The lowest BCUT2D eigenvalue weighted by atomic mass is 10.0. The second-order valence-corrected chi connectivity index (χ2v) is 8.38. The van der Waals surface area contributed by atoms with Gasteiger partial charge in [-0.3, -0.25) is 9.59 Å². The summed E-state index contributed by atoms with van der Waals surface area (Å²) in [4.78, 5) is 29.2. The van der Waals surface area contributed by atoms with Gasteiger partial charge in [0, 0.05) is 32.1 Å². The van der Waals surface area contributed by atoms with Crippen LogP contribution in [0.15, 0.2) is 24.3 Å². The minimum Gasteiger partial charge on any atom is -0.339 e. The van der Waals surface area contributed by atoms with Crippen LogP contribution in [-0.4, -0.2) is 53.5 Å². The average molecular weight is 344 g/mol. The number of nitrogens with zero attached hydrogens (tertiary/aromatic N) is 2. The third-order valence-corrected chi connectivity index (χ3v) is 6.78. The zero-order valence-corrected chi connectivity index (χ0v) is 14.9. The maximum absolute atomic E-state index is 13.0. The van der Waals surface area contributed by atoms with E-state index in [9.17, 15) is 9.59 Å². The fraction of sp³-hybridized carbons (Fsp3) is 0.579. The fourth-order valence-corrected chi connectivity index (χ4v) is 5.09. The summed E-state index contributed by atoms with van der Waals surface area (Å²) < 4.78 is 0. The molecule has 3 aliphatic rings. The summed E-state index contributed by atoms with van der Waals surface area (Å²) >= 11 is 1.76. The minimum absolute atomic E-state index is 0.0688. The van der Waals surface area contributed by atoms with Crippen molar-refractivity contribution in [3.8, 4) is 0 Å². The van der Waals surface area contributed by atoms with Crippen molar-refractivity contribution in [2.24, 2.45) is 11.8 Å². The number of amides is 2. The summed E-state index contributed by atoms with van der Waals surface area (Å²) in [7, 11) is 0. The van der Waals surface area contributed by atoms with Crippen molar-refractivity contribution in [3.63, 3.8) is 0 Å². The van der Waals surface area contributed by atoms with Crippen LogP contribution in [0.1, 0.15) is 29.7 Å². The van der Waals surface area contributed by atoms with Gasteiger partial charge in [0.1, 0.15) is 5.25 Å². The van der Waals surface area contributed by atoms with Crippen LogP contribution in [0.2, 0.25) is 0 Å². The van der Waals surface area contributed by atoms with Crippen LogP contribution in [0, 0.1) is 11.8 Å². The molecule has 1 saturated heterocycles. The van der Waals surface area contributed by atoms with Crippen molar-refractivity contribution in [2.75, 3.05) is 31.9 Å². The van der Waals surface area contributed by atoms with Crippen molar-refractivity contribution in [1.82, 2.24) is 9.80 Å². The Hall–Kier alpha value is -1.49. The molecule has 0 N–H and O–H groups in total. The highest BCUT2D eigenvalue weighted by Gasteiger charge is 2.42. The van der Waals surface area contributed by atoms with E-state index in [4.69, 9.17) is 0 Å². The first kappa shape index (κ1) is 16.0. The first-order valence-corrected chi connectivity index (χ1v) is 9.97. The Morgan fingerprint density at radius 3 is 2.33 bits per heavy atom. The summed E-state index contributed by atoms with van der Waals surface area (Å²) in [6.07, 6.45) is 2.08. The molecule has 3 atom stereocenters. The fourth-order valence-electron chi connectivity index (χ4n) is 3.81. The predicted molar refractivity (Wildman–Crippen MR) is 95.8 cm³/mol. The van der Waals surface area contributed by atoms with Gasteiger partial charge in [0.05, 0.1) is 0 Å². The highest BCUT2D eigenvalue weighted by molar-refractivity contribution is 8.00. The van der Waals surface area contributed by atoms with Crippen LogP contribution in [0.5, 0.6) is 0 Å². The smallest absolute Gasteiger partial charge is 0.240 e. The first-order valence-electron chi connectivity index (χ1n) is 8.92. The number of thioether (sulfide) groups is 1. The highest BCUT2D eigenvalue weighted by Crippen LogP contribution is 2.40. The van der Waals surface area contributed by atoms with E-state index in [1.807, 2.05) is 15.9 Å². The molecule has 1 aromatic rings. The predicted octanol–water partition coefficient (Wildman–Crippen LogP) is 2.34. The van der Waals surface area contributed by atoms with Gasteiger partial charge in [-0.15, -0.1) is 11.8 Å². The topological polar surface area (TPSA) is 40.6 Å². The van der Waals surface area contributed by atoms with E-state index in [1.54, 1.807) is 11.8 Å². The Kier molecular flexibility index (Phi) is 4.29. The standard InChI is InChI=1S/C19H24N2O2S/c1-13-12-16(13)18(22)20-7-9-21(10-8-20)19(23)17-15-5-3-2-4-14(15)6-11-24-17/h2-5,13,16-17H,6-12H2,1H3/t13-,16+,17-/m1/s1. The zero-order chi connectivity index (χ0) is 16.7. The molecule has 4 rings (SSSR count). The molecule has 0 spiro atoms. The molecule has 1 saturated carbocycles. The molecule has 4 nitrogen and oxygen atoms in total. The number of fused-ring (bicyclic) bond motifs is 1. The van der Waals surface area contributed by atoms with Gasteiger partial charge in [0.15, 0.2) is 0 Å². The number of benzene rings is 1. The molecular formula is C19H24N2O2S. The van der Waals surface area contributed by atoms with E-state index in [1.165, 1.54) is 11.1 Å². The SMILES string of the molecule is C[C@@H]1C[C@@H]1C(=O)N1CCN(C(=O)[C@@H]2SCCc3ccccc32)CC1. The first-order chi connectivity index (χ1) is 11.6. The van der Waals surface area contributed by atoms with Gasteiger partial charge in [0.25, 0.3) is 0 Å². The lowest BCUT2D eigenvalue weighted by Crippen LogP contribution is -2.52. The van der Waals surface area contributed by atoms with E-state index in [-0.39, 0.29) is 17.1 Å². The van der Waals surface area contributed by atoms with Crippen molar-refractivity contribution >= 4 is 23.6 Å². The summed E-state index contributed by atoms with van der Waals surface area (Å²) in [6.45, 7) is 4.86. The second kappa shape index (κ2) is 6.43. The monoisotopic (exact) mass is 344 g/mol. The van der Waals surface area contributed by atoms with E-state index in [2.05, 4.69) is 25.1 Å². The normalized spacial score (nSPS) is 29.1. The quantitative estimate of drug-likeness (QED) is 0.827. The molecule has 1 aliphatic carbocycles. The largest absolute Gasteiger partial charge is 0.339 e. The van der Waals surface area contributed by atoms with Gasteiger partial charge in [-0.1, -0.05) is 31.2 Å². The Labute approximate surface area is 147 Å². The molecule has 5 heteroatoms. The number of hydrogen-bond acceptors (Lipinski definition) is 3. The number of carbonyl (C=O) groups excluding carboxylic acids is 2. The highest BCUT2D eigenvalue weighted by atomic mass is 32.2. The maximum atomic E-state index is 13.0. The molecular weight excluding hydrogens is 320 g/mol. The summed E-state index contributed by atoms with van der Waals surface area (Å²) in [5.41, 5.74) is 2.50. The number of hydrogen-bond donors (Lipinski definition) is 0. The van der Waals surface area contributed by atoms with Gasteiger partial charge in [-0.2, -0.15) is 0 Å². The molecule has 0 aromatic heterocycles. The van der Waals surface area contributed by atoms with Crippen LogP contribution in [0.4, 0.5) is 0 Å². The molecule has 1 aromatic carbocycles. The number of aryl methyl sites for hydroxylation is 1. The average Bonchev–Trinajstić information content (AvgIpc) is 3.37. The van der Waals surface area contributed by atoms with Crippen LogP contribution >= 0.6 is 11.8 Å². The molecule has 128 valence electrons. The van der Waals surface area contributed by atoms with Crippen LogP contribution in [0.25, 0.3) is 0 Å². The summed E-state index contributed by atoms with van der Waals surface area (Å²) in [5, 5.41) is -0.0688. The minimum atomic E-state index is -0.0688. The van der Waals surface area contributed by atoms with Crippen molar-refractivity contribution < 1.29 is 9.59 Å². The van der Waals surface area contributed by atoms with Gasteiger partial charge >= 0.3 is 0 Å². The molecule has 2 heterocycles. The molecule has 0 bridgehead atoms. The molecule has 0 unspecified atom stereocenters. The molecule has 24 heavy (non-hydrogen) atoms. The number of carbonyl (C=O) groups is 2. The van der Waals surface area contributed by atoms with Crippen LogP contribution < -0.4 is 0 Å². The maximum Gasteiger partial charge on any atom is 0.240 e. The van der Waals surface area contributed by atoms with Crippen molar-refractivity contribution in [3.05, 3.63) is 35.4 Å². The van der Waals surface area contributed by atoms with Gasteiger partial charge in [-0.25, -0.2) is 0 Å². The molecule has 0 radical (unpaired) electrons. The Morgan fingerprint density at radius 2 is 1.67 bits per heavy atom. The summed E-state index contributed by atoms with van der Waals surface area (Å²) in [5.74, 6) is 2.32. The molecule has 2 aliphatic heterocycles. The molecule has 2 fully saturated rings. The van der Waals surface area contributed by atoms with Crippen molar-refractivity contribution in [1.29, 1.82) is 0 Å². The Balaban J connectivity index is 1.39. The summed E-state index contributed by atoms with van der Waals surface area (Å²) in [6, 6.07) is 8.32. The third-order valence-electron chi connectivity index (χ3n) is 5.55. The number of rotatable bonds is 2. The van der Waals surface area contributed by atoms with Gasteiger partial charge < -0.3 is 9.80 Å². The van der Waals surface area contributed by atoms with E-state index in [0.29, 0.717) is 38.0 Å². The van der Waals surface area contributed by atoms with Gasteiger partial charge in [-0.05, 0) is 35.6 Å². The van der Waals surface area contributed by atoms with E-state index in [0.717, 1.165) is 18.6 Å². The van der Waals surface area contributed by atoms with Crippen LogP contribution in [0.3, 0.4) is 0 Å². The van der Waals surface area contributed by atoms with E-state index >= 15 is 0 Å². The second-order valence-electron chi connectivity index (χ2n) is 7.17. The van der Waals surface area contributed by atoms with E-state index < -0.39 is 0 Å². The van der Waals surface area contributed by atoms with Crippen LogP contribution in [-0.2, 0) is 16.0 Å². The lowest BCUT2D eigenvalue weighted by Gasteiger charge is -2.37.